The van der Waals surface area contributed by atoms with Crippen LogP contribution < -0.4 is 10.1 Å². The van der Waals surface area contributed by atoms with Crippen LogP contribution in [0.1, 0.15) is 50.2 Å². The second-order valence-corrected chi connectivity index (χ2v) is 8.78. The molecule has 0 spiro atoms. The number of benzene rings is 3. The molecule has 5 rings (SSSR count). The van der Waals surface area contributed by atoms with Gasteiger partial charge in [0.2, 0.25) is 0 Å². The molecule has 1 aliphatic heterocycles. The fraction of sp³-hybridized carbons (Fsp3) is 0.345. The Hall–Kier alpha value is -2.91. The van der Waals surface area contributed by atoms with Crippen molar-refractivity contribution in [3.05, 3.63) is 71.8 Å². The van der Waals surface area contributed by atoms with Crippen LogP contribution in [0.15, 0.2) is 60.7 Å². The van der Waals surface area contributed by atoms with Gasteiger partial charge in [-0.3, -0.25) is 0 Å². The number of hydrogen-bond acceptors (Lipinski definition) is 3. The topological polar surface area (TPSA) is 34.1 Å². The Morgan fingerprint density at radius 2 is 1.72 bits per heavy atom. The summed E-state index contributed by atoms with van der Waals surface area (Å²) in [5, 5.41) is 7.48. The first-order valence-corrected chi connectivity index (χ1v) is 12.1. The molecule has 3 nitrogen and oxygen atoms in total. The van der Waals surface area contributed by atoms with Crippen molar-refractivity contribution in [1.82, 2.24) is 10.3 Å². The van der Waals surface area contributed by atoms with Crippen LogP contribution in [0.3, 0.4) is 0 Å². The Morgan fingerprint density at radius 3 is 2.66 bits per heavy atom. The van der Waals surface area contributed by atoms with Crippen molar-refractivity contribution >= 4 is 21.7 Å². The first-order chi connectivity index (χ1) is 15.9. The predicted octanol–water partition coefficient (Wildman–Crippen LogP) is 7.05. The normalized spacial score (nSPS) is 13.4. The average molecular weight is 425 g/mol. The van der Waals surface area contributed by atoms with Crippen molar-refractivity contribution in [2.75, 3.05) is 13.2 Å². The van der Waals surface area contributed by atoms with Gasteiger partial charge in [-0.05, 0) is 59.5 Å². The lowest BCUT2D eigenvalue weighted by Crippen LogP contribution is -2.25. The van der Waals surface area contributed by atoms with E-state index in [-0.39, 0.29) is 0 Å². The number of aromatic nitrogens is 1. The zero-order valence-electron chi connectivity index (χ0n) is 19.0. The lowest BCUT2D eigenvalue weighted by atomic mass is 9.90. The molecule has 4 aromatic rings. The van der Waals surface area contributed by atoms with E-state index in [1.807, 2.05) is 0 Å². The fourth-order valence-electron chi connectivity index (χ4n) is 4.94. The highest BCUT2D eigenvalue weighted by atomic mass is 16.5. The van der Waals surface area contributed by atoms with Crippen LogP contribution >= 0.6 is 0 Å². The Balaban J connectivity index is 1.56. The lowest BCUT2D eigenvalue weighted by molar-refractivity contribution is 0.305. The molecule has 0 amide bonds. The Labute approximate surface area is 190 Å². The number of pyridine rings is 1. The van der Waals surface area contributed by atoms with Gasteiger partial charge in [0.05, 0.1) is 17.8 Å². The van der Waals surface area contributed by atoms with Gasteiger partial charge in [0.25, 0.3) is 0 Å². The monoisotopic (exact) mass is 424 g/mol. The molecule has 1 aliphatic rings. The summed E-state index contributed by atoms with van der Waals surface area (Å²) in [5.74, 6) is 0.948. The van der Waals surface area contributed by atoms with Crippen LogP contribution in [-0.4, -0.2) is 18.1 Å². The summed E-state index contributed by atoms with van der Waals surface area (Å²) >= 11 is 0. The molecule has 0 atom stereocenters. The summed E-state index contributed by atoms with van der Waals surface area (Å²) < 4.78 is 6.28. The van der Waals surface area contributed by atoms with Crippen LogP contribution in [0.4, 0.5) is 0 Å². The number of rotatable bonds is 8. The van der Waals surface area contributed by atoms with Gasteiger partial charge >= 0.3 is 0 Å². The third-order valence-corrected chi connectivity index (χ3v) is 6.59. The number of ether oxygens (including phenoxy) is 1. The minimum atomic E-state index is 0.763. The third kappa shape index (κ3) is 4.10. The largest absolute Gasteiger partial charge is 0.493 e. The second kappa shape index (κ2) is 9.70. The van der Waals surface area contributed by atoms with E-state index >= 15 is 0 Å². The molecule has 0 saturated heterocycles. The molecule has 3 heteroatoms. The molecule has 1 aromatic heterocycles. The van der Waals surface area contributed by atoms with Crippen LogP contribution in [0.2, 0.25) is 0 Å². The van der Waals surface area contributed by atoms with Crippen molar-refractivity contribution in [2.45, 2.75) is 52.0 Å². The van der Waals surface area contributed by atoms with E-state index in [0.717, 1.165) is 55.1 Å². The Morgan fingerprint density at radius 1 is 0.875 bits per heavy atom. The van der Waals surface area contributed by atoms with Crippen molar-refractivity contribution in [3.63, 3.8) is 0 Å². The predicted molar refractivity (Wildman–Crippen MR) is 134 cm³/mol. The standard InChI is InChI=1S/C29H32N2O/c1-2-3-4-5-10-19-32-27-14-9-8-13-24(27)29-25-20-30-18-17-23(25)28-22-12-7-6-11-21(22)15-16-26(28)31-29/h6-9,11-16,30H,2-5,10,17-20H2,1H3. The second-order valence-electron chi connectivity index (χ2n) is 8.78. The number of nitrogens with one attached hydrogen (secondary N) is 1. The summed E-state index contributed by atoms with van der Waals surface area (Å²) in [4.78, 5) is 5.22. The Kier molecular flexibility index (Phi) is 6.36. The molecule has 0 aliphatic carbocycles. The minimum Gasteiger partial charge on any atom is -0.493 e. The van der Waals surface area contributed by atoms with Gasteiger partial charge in [0.15, 0.2) is 0 Å². The molecular formula is C29H32N2O. The quantitative estimate of drug-likeness (QED) is 0.243. The maximum atomic E-state index is 6.28. The Bertz CT molecular complexity index is 1230. The zero-order valence-corrected chi connectivity index (χ0v) is 19.0. The first kappa shape index (κ1) is 21.0. The van der Waals surface area contributed by atoms with Crippen molar-refractivity contribution < 1.29 is 4.74 Å². The maximum Gasteiger partial charge on any atom is 0.128 e. The van der Waals surface area contributed by atoms with Crippen molar-refractivity contribution in [3.8, 4) is 17.0 Å². The van der Waals surface area contributed by atoms with Gasteiger partial charge < -0.3 is 10.1 Å². The minimum absolute atomic E-state index is 0.763. The van der Waals surface area contributed by atoms with E-state index in [0.29, 0.717) is 0 Å². The summed E-state index contributed by atoms with van der Waals surface area (Å²) in [7, 11) is 0. The molecular weight excluding hydrogens is 392 g/mol. The van der Waals surface area contributed by atoms with Crippen molar-refractivity contribution in [2.24, 2.45) is 0 Å². The third-order valence-electron chi connectivity index (χ3n) is 6.59. The molecule has 0 fully saturated rings. The van der Waals surface area contributed by atoms with Crippen LogP contribution in [0.25, 0.3) is 32.9 Å². The van der Waals surface area contributed by atoms with Gasteiger partial charge in [-0.1, -0.05) is 75.1 Å². The average Bonchev–Trinajstić information content (AvgIpc) is 2.85. The van der Waals surface area contributed by atoms with E-state index < -0.39 is 0 Å². The summed E-state index contributed by atoms with van der Waals surface area (Å²) in [6.07, 6.45) is 7.23. The molecule has 164 valence electrons. The number of para-hydroxylation sites is 1. The fourth-order valence-corrected chi connectivity index (χ4v) is 4.94. The SMILES string of the molecule is CCCCCCCOc1ccccc1-c1nc2ccc3ccccc3c2c2c1CNCC2. The van der Waals surface area contributed by atoms with Crippen LogP contribution in [-0.2, 0) is 13.0 Å². The van der Waals surface area contributed by atoms with E-state index in [1.54, 1.807) is 0 Å². The zero-order chi connectivity index (χ0) is 21.8. The van der Waals surface area contributed by atoms with E-state index in [4.69, 9.17) is 9.72 Å². The molecule has 32 heavy (non-hydrogen) atoms. The van der Waals surface area contributed by atoms with Crippen LogP contribution in [0, 0.1) is 0 Å². The molecule has 3 aromatic carbocycles. The summed E-state index contributed by atoms with van der Waals surface area (Å²) in [5.41, 5.74) is 6.01. The molecule has 0 bridgehead atoms. The highest BCUT2D eigenvalue weighted by Crippen LogP contribution is 2.38. The van der Waals surface area contributed by atoms with E-state index in [9.17, 15) is 0 Å². The summed E-state index contributed by atoms with van der Waals surface area (Å²) in [6, 6.07) is 21.5. The highest BCUT2D eigenvalue weighted by Gasteiger charge is 2.22. The number of nitrogens with zero attached hydrogens (tertiary/aromatic N) is 1. The van der Waals surface area contributed by atoms with E-state index in [1.165, 1.54) is 53.0 Å². The smallest absolute Gasteiger partial charge is 0.128 e. The number of fused-ring (bicyclic) bond motifs is 5. The molecule has 0 saturated carbocycles. The van der Waals surface area contributed by atoms with E-state index in [2.05, 4.69) is 72.9 Å². The molecule has 2 heterocycles. The van der Waals surface area contributed by atoms with Gasteiger partial charge in [-0.2, -0.15) is 0 Å². The number of unbranched alkanes of at least 4 members (excludes halogenated alkanes) is 4. The highest BCUT2D eigenvalue weighted by molar-refractivity contribution is 6.09. The molecule has 1 N–H and O–H groups in total. The summed E-state index contributed by atoms with van der Waals surface area (Å²) in [6.45, 7) is 4.87. The van der Waals surface area contributed by atoms with Gasteiger partial charge in [-0.15, -0.1) is 0 Å². The molecule has 0 radical (unpaired) electrons. The first-order valence-electron chi connectivity index (χ1n) is 12.1. The number of hydrogen-bond donors (Lipinski definition) is 1. The van der Waals surface area contributed by atoms with Crippen LogP contribution in [0.5, 0.6) is 5.75 Å². The van der Waals surface area contributed by atoms with Crippen molar-refractivity contribution in [1.29, 1.82) is 0 Å². The molecule has 0 unspecified atom stereocenters. The van der Waals surface area contributed by atoms with Gasteiger partial charge in [0.1, 0.15) is 5.75 Å². The van der Waals surface area contributed by atoms with Gasteiger partial charge in [-0.25, -0.2) is 4.98 Å². The van der Waals surface area contributed by atoms with Gasteiger partial charge in [0, 0.05) is 17.5 Å². The maximum absolute atomic E-state index is 6.28. The lowest BCUT2D eigenvalue weighted by Gasteiger charge is -2.24.